The summed E-state index contributed by atoms with van der Waals surface area (Å²) in [4.78, 5) is 4.33. The molecule has 0 unspecified atom stereocenters. The Hall–Kier alpha value is -1.83. The van der Waals surface area contributed by atoms with Crippen molar-refractivity contribution in [2.75, 3.05) is 5.32 Å². The minimum absolute atomic E-state index is 0.0934. The summed E-state index contributed by atoms with van der Waals surface area (Å²) in [5.41, 5.74) is 7.30. The van der Waals surface area contributed by atoms with Crippen molar-refractivity contribution >= 4 is 11.5 Å². The number of anilines is 1. The molecule has 2 aliphatic rings. The van der Waals surface area contributed by atoms with Crippen LogP contribution >= 0.6 is 0 Å². The average Bonchev–Trinajstić information content (AvgIpc) is 3.14. The van der Waals surface area contributed by atoms with Crippen molar-refractivity contribution in [2.45, 2.75) is 63.2 Å². The molecule has 2 heterocycles. The normalized spacial score (nSPS) is 25.5. The van der Waals surface area contributed by atoms with Gasteiger partial charge in [-0.1, -0.05) is 0 Å². The predicted molar refractivity (Wildman–Crippen MR) is 88.5 cm³/mol. The highest BCUT2D eigenvalue weighted by Crippen LogP contribution is 2.50. The third-order valence-electron chi connectivity index (χ3n) is 5.26. The van der Waals surface area contributed by atoms with Crippen LogP contribution in [0.4, 0.5) is 19.0 Å². The molecule has 2 saturated carbocycles. The standard InChI is InChI=1S/C17H22F3N5/c1-9-8-22-25-14(23-12-5-4-11(21)6-12)7-13(24-16(9)25)15(10-2-3-10)17(18,19)20/h7-8,10-12,15,23H,2-6,21H2,1H3/t11-,12-,15+/m0/s1. The van der Waals surface area contributed by atoms with E-state index in [1.807, 2.05) is 6.92 Å². The molecule has 0 aliphatic heterocycles. The van der Waals surface area contributed by atoms with E-state index in [-0.39, 0.29) is 23.7 Å². The molecular formula is C17H22F3N5. The van der Waals surface area contributed by atoms with E-state index in [2.05, 4.69) is 15.4 Å². The quantitative estimate of drug-likeness (QED) is 0.884. The fourth-order valence-electron chi connectivity index (χ4n) is 3.82. The SMILES string of the molecule is Cc1cnn2c(N[C@H]3CC[C@H](N)C3)cc([C@@H](C3CC3)C(F)(F)F)nc12. The first-order valence-corrected chi connectivity index (χ1v) is 8.77. The Balaban J connectivity index is 1.76. The van der Waals surface area contributed by atoms with Gasteiger partial charge in [-0.15, -0.1) is 0 Å². The molecule has 2 fully saturated rings. The fourth-order valence-corrected chi connectivity index (χ4v) is 3.82. The van der Waals surface area contributed by atoms with Crippen LogP contribution in [0.1, 0.15) is 49.3 Å². The van der Waals surface area contributed by atoms with Gasteiger partial charge >= 0.3 is 6.18 Å². The first-order valence-electron chi connectivity index (χ1n) is 8.77. The minimum atomic E-state index is -4.28. The lowest BCUT2D eigenvalue weighted by Crippen LogP contribution is -2.25. The van der Waals surface area contributed by atoms with Crippen molar-refractivity contribution in [3.63, 3.8) is 0 Å². The molecule has 25 heavy (non-hydrogen) atoms. The van der Waals surface area contributed by atoms with E-state index in [9.17, 15) is 13.2 Å². The van der Waals surface area contributed by atoms with Gasteiger partial charge in [0, 0.05) is 23.7 Å². The van der Waals surface area contributed by atoms with Crippen LogP contribution in [-0.2, 0) is 0 Å². The van der Waals surface area contributed by atoms with Gasteiger partial charge in [-0.25, -0.2) is 4.98 Å². The summed E-state index contributed by atoms with van der Waals surface area (Å²) in [6, 6.07) is 1.83. The highest BCUT2D eigenvalue weighted by Gasteiger charge is 2.50. The number of hydrogen-bond donors (Lipinski definition) is 2. The Kier molecular flexibility index (Phi) is 3.90. The molecule has 5 nitrogen and oxygen atoms in total. The number of fused-ring (bicyclic) bond motifs is 1. The van der Waals surface area contributed by atoms with Crippen molar-refractivity contribution in [3.05, 3.63) is 23.5 Å². The molecule has 4 rings (SSSR count). The second-order valence-electron chi connectivity index (χ2n) is 7.40. The number of nitrogens with zero attached hydrogens (tertiary/aromatic N) is 3. The average molecular weight is 353 g/mol. The van der Waals surface area contributed by atoms with E-state index in [1.54, 1.807) is 10.7 Å². The number of aryl methyl sites for hydroxylation is 1. The molecule has 136 valence electrons. The Bertz CT molecular complexity index is 780. The Morgan fingerprint density at radius 2 is 2.04 bits per heavy atom. The molecule has 0 radical (unpaired) electrons. The number of nitrogens with one attached hydrogen (secondary N) is 1. The number of nitrogens with two attached hydrogens (primary N) is 1. The summed E-state index contributed by atoms with van der Waals surface area (Å²) >= 11 is 0. The zero-order valence-electron chi connectivity index (χ0n) is 14.1. The van der Waals surface area contributed by atoms with Crippen LogP contribution < -0.4 is 11.1 Å². The largest absolute Gasteiger partial charge is 0.397 e. The van der Waals surface area contributed by atoms with Crippen molar-refractivity contribution in [3.8, 4) is 0 Å². The highest BCUT2D eigenvalue weighted by atomic mass is 19.4. The predicted octanol–water partition coefficient (Wildman–Crippen LogP) is 3.39. The molecular weight excluding hydrogens is 331 g/mol. The van der Waals surface area contributed by atoms with Crippen LogP contribution in [0.3, 0.4) is 0 Å². The van der Waals surface area contributed by atoms with Crippen LogP contribution in [0.2, 0.25) is 0 Å². The zero-order chi connectivity index (χ0) is 17.8. The zero-order valence-corrected chi connectivity index (χ0v) is 14.1. The second kappa shape index (κ2) is 5.86. The summed E-state index contributed by atoms with van der Waals surface area (Å²) in [6.45, 7) is 1.81. The highest BCUT2D eigenvalue weighted by molar-refractivity contribution is 5.55. The molecule has 8 heteroatoms. The van der Waals surface area contributed by atoms with Gasteiger partial charge in [0.2, 0.25) is 0 Å². The van der Waals surface area contributed by atoms with Crippen molar-refractivity contribution < 1.29 is 13.2 Å². The van der Waals surface area contributed by atoms with Crippen molar-refractivity contribution in [1.82, 2.24) is 14.6 Å². The molecule has 2 aromatic rings. The number of alkyl halides is 3. The van der Waals surface area contributed by atoms with E-state index in [0.717, 1.165) is 24.8 Å². The number of hydrogen-bond acceptors (Lipinski definition) is 4. The number of rotatable bonds is 4. The van der Waals surface area contributed by atoms with E-state index in [1.165, 1.54) is 6.07 Å². The Morgan fingerprint density at radius 3 is 2.64 bits per heavy atom. The lowest BCUT2D eigenvalue weighted by atomic mass is 9.98. The maximum atomic E-state index is 13.6. The Morgan fingerprint density at radius 1 is 1.28 bits per heavy atom. The monoisotopic (exact) mass is 353 g/mol. The smallest absolute Gasteiger partial charge is 0.367 e. The summed E-state index contributed by atoms with van der Waals surface area (Å²) in [5, 5.41) is 7.63. The van der Waals surface area contributed by atoms with Crippen LogP contribution in [0.15, 0.2) is 12.3 Å². The topological polar surface area (TPSA) is 68.2 Å². The second-order valence-corrected chi connectivity index (χ2v) is 7.40. The van der Waals surface area contributed by atoms with Crippen LogP contribution in [0.5, 0.6) is 0 Å². The third-order valence-corrected chi connectivity index (χ3v) is 5.26. The molecule has 2 aromatic heterocycles. The van der Waals surface area contributed by atoms with E-state index >= 15 is 0 Å². The van der Waals surface area contributed by atoms with E-state index in [0.29, 0.717) is 24.3 Å². The van der Waals surface area contributed by atoms with Crippen molar-refractivity contribution in [1.29, 1.82) is 0 Å². The first kappa shape index (κ1) is 16.6. The molecule has 3 atom stereocenters. The summed E-state index contributed by atoms with van der Waals surface area (Å²) < 4.78 is 42.4. The Labute approximate surface area is 143 Å². The molecule has 0 amide bonds. The van der Waals surface area contributed by atoms with Crippen LogP contribution in [0.25, 0.3) is 5.65 Å². The van der Waals surface area contributed by atoms with Crippen LogP contribution in [-0.4, -0.2) is 32.9 Å². The van der Waals surface area contributed by atoms with E-state index < -0.39 is 12.1 Å². The third kappa shape index (κ3) is 3.19. The number of halogens is 3. The van der Waals surface area contributed by atoms with Gasteiger partial charge in [0.15, 0.2) is 5.65 Å². The maximum absolute atomic E-state index is 13.6. The molecule has 3 N–H and O–H groups in total. The molecule has 0 saturated heterocycles. The van der Waals surface area contributed by atoms with Gasteiger partial charge in [-0.3, -0.25) is 0 Å². The van der Waals surface area contributed by atoms with Gasteiger partial charge < -0.3 is 11.1 Å². The minimum Gasteiger partial charge on any atom is -0.367 e. The fraction of sp³-hybridized carbons (Fsp3) is 0.647. The number of aromatic nitrogens is 3. The lowest BCUT2D eigenvalue weighted by molar-refractivity contribution is -0.155. The van der Waals surface area contributed by atoms with E-state index in [4.69, 9.17) is 5.73 Å². The van der Waals surface area contributed by atoms with Crippen LogP contribution in [0, 0.1) is 12.8 Å². The summed E-state index contributed by atoms with van der Waals surface area (Å²) in [5.74, 6) is -1.29. The van der Waals surface area contributed by atoms with Gasteiger partial charge in [0.25, 0.3) is 0 Å². The lowest BCUT2D eigenvalue weighted by Gasteiger charge is -2.22. The first-order chi connectivity index (χ1) is 11.8. The molecule has 0 spiro atoms. The van der Waals surface area contributed by atoms with Gasteiger partial charge in [0.1, 0.15) is 11.7 Å². The molecule has 2 aliphatic carbocycles. The van der Waals surface area contributed by atoms with Gasteiger partial charge in [0.05, 0.1) is 11.9 Å². The van der Waals surface area contributed by atoms with Gasteiger partial charge in [-0.05, 0) is 44.9 Å². The molecule has 0 aromatic carbocycles. The maximum Gasteiger partial charge on any atom is 0.397 e. The van der Waals surface area contributed by atoms with Crippen molar-refractivity contribution in [2.24, 2.45) is 11.7 Å². The molecule has 0 bridgehead atoms. The summed E-state index contributed by atoms with van der Waals surface area (Å²) in [7, 11) is 0. The van der Waals surface area contributed by atoms with Gasteiger partial charge in [-0.2, -0.15) is 22.8 Å². The summed E-state index contributed by atoms with van der Waals surface area (Å²) in [6.07, 6.45) is 1.20.